The van der Waals surface area contributed by atoms with Crippen LogP contribution in [0.2, 0.25) is 0 Å². The Balaban J connectivity index is 1.51. The number of hydrogen-bond acceptors (Lipinski definition) is 3. The van der Waals surface area contributed by atoms with Gasteiger partial charge < -0.3 is 15.9 Å². The average molecular weight is 517 g/mol. The van der Waals surface area contributed by atoms with Crippen molar-refractivity contribution in [2.45, 2.75) is 0 Å². The fraction of sp³-hybridized carbons (Fsp3) is 0.0278. The van der Waals surface area contributed by atoms with E-state index in [-0.39, 0.29) is 0 Å². The molecule has 192 valence electrons. The molecule has 0 unspecified atom stereocenters. The van der Waals surface area contributed by atoms with E-state index in [0.717, 1.165) is 50.1 Å². The van der Waals surface area contributed by atoms with Crippen LogP contribution in [0.1, 0.15) is 11.3 Å². The number of fused-ring (bicyclic) bond motifs is 8. The summed E-state index contributed by atoms with van der Waals surface area (Å²) >= 11 is 0. The first kappa shape index (κ1) is 23.9. The fourth-order valence-corrected chi connectivity index (χ4v) is 5.86. The van der Waals surface area contributed by atoms with Crippen molar-refractivity contribution in [2.24, 2.45) is 5.73 Å². The molecule has 0 saturated heterocycles. The molecule has 0 aliphatic heterocycles. The summed E-state index contributed by atoms with van der Waals surface area (Å²) in [6.45, 7) is 0.475. The van der Waals surface area contributed by atoms with Crippen molar-refractivity contribution in [3.8, 4) is 11.1 Å². The van der Waals surface area contributed by atoms with Crippen LogP contribution in [-0.4, -0.2) is 15.9 Å². The van der Waals surface area contributed by atoms with Gasteiger partial charge in [0.15, 0.2) is 0 Å². The fourth-order valence-electron chi connectivity index (χ4n) is 5.86. The van der Waals surface area contributed by atoms with E-state index in [4.69, 9.17) is 11.5 Å². The number of allylic oxidation sites excluding steroid dienone is 2. The monoisotopic (exact) mass is 516 g/mol. The third-order valence-electron chi connectivity index (χ3n) is 7.65. The normalized spacial score (nSPS) is 12.4. The SMILES string of the molecule is NC/C=C\C=C(c1ccccn1)c1ccccc1-c1ccc2c(cc3c4ccccc4c4ccccc4n23)c1N. The maximum Gasteiger partial charge on any atom is 0.0708 e. The highest BCUT2D eigenvalue weighted by Crippen LogP contribution is 2.41. The number of hydrogen-bond donors (Lipinski definition) is 2. The first-order chi connectivity index (χ1) is 19.8. The molecule has 3 aromatic heterocycles. The number of aromatic nitrogens is 2. The van der Waals surface area contributed by atoms with Gasteiger partial charge in [-0.2, -0.15) is 0 Å². The molecule has 0 fully saturated rings. The molecule has 4 N–H and O–H groups in total. The first-order valence-electron chi connectivity index (χ1n) is 13.5. The van der Waals surface area contributed by atoms with Crippen LogP contribution in [-0.2, 0) is 0 Å². The molecule has 0 spiro atoms. The van der Waals surface area contributed by atoms with Gasteiger partial charge in [0.25, 0.3) is 0 Å². The number of pyridine rings is 2. The molecule has 0 aliphatic rings. The molecule has 4 aromatic carbocycles. The van der Waals surface area contributed by atoms with Crippen molar-refractivity contribution in [2.75, 3.05) is 12.3 Å². The second-order valence-electron chi connectivity index (χ2n) is 9.89. The van der Waals surface area contributed by atoms with Crippen molar-refractivity contribution >= 4 is 49.4 Å². The molecule has 4 heteroatoms. The minimum Gasteiger partial charge on any atom is -0.398 e. The maximum atomic E-state index is 7.05. The number of benzene rings is 4. The quantitative estimate of drug-likeness (QED) is 0.138. The van der Waals surface area contributed by atoms with Gasteiger partial charge in [-0.15, -0.1) is 0 Å². The van der Waals surface area contributed by atoms with Gasteiger partial charge in [-0.05, 0) is 46.8 Å². The third-order valence-corrected chi connectivity index (χ3v) is 7.65. The number of nitrogen functional groups attached to an aromatic ring is 1. The Bertz CT molecular complexity index is 2100. The van der Waals surface area contributed by atoms with Crippen LogP contribution in [0.3, 0.4) is 0 Å². The second kappa shape index (κ2) is 9.84. The minimum absolute atomic E-state index is 0.475. The predicted octanol–water partition coefficient (Wildman–Crippen LogP) is 7.99. The van der Waals surface area contributed by atoms with E-state index in [1.165, 1.54) is 21.7 Å². The first-order valence-corrected chi connectivity index (χ1v) is 13.5. The van der Waals surface area contributed by atoms with E-state index >= 15 is 0 Å². The Morgan fingerprint density at radius 1 is 0.675 bits per heavy atom. The van der Waals surface area contributed by atoms with Gasteiger partial charge in [0.2, 0.25) is 0 Å². The zero-order valence-corrected chi connectivity index (χ0v) is 22.0. The highest BCUT2D eigenvalue weighted by atomic mass is 14.9. The van der Waals surface area contributed by atoms with Crippen molar-refractivity contribution < 1.29 is 0 Å². The van der Waals surface area contributed by atoms with Gasteiger partial charge >= 0.3 is 0 Å². The van der Waals surface area contributed by atoms with E-state index in [1.54, 1.807) is 0 Å². The van der Waals surface area contributed by atoms with E-state index in [0.29, 0.717) is 6.54 Å². The summed E-state index contributed by atoms with van der Waals surface area (Å²) in [5, 5.41) is 4.73. The van der Waals surface area contributed by atoms with Gasteiger partial charge in [-0.3, -0.25) is 4.98 Å². The van der Waals surface area contributed by atoms with Gasteiger partial charge in [0.1, 0.15) is 0 Å². The molecular formula is C36H28N4. The molecular weight excluding hydrogens is 488 g/mol. The van der Waals surface area contributed by atoms with E-state index < -0.39 is 0 Å². The van der Waals surface area contributed by atoms with Crippen LogP contribution >= 0.6 is 0 Å². The summed E-state index contributed by atoms with van der Waals surface area (Å²) in [5.74, 6) is 0. The summed E-state index contributed by atoms with van der Waals surface area (Å²) in [6, 6.07) is 38.1. The van der Waals surface area contributed by atoms with Gasteiger partial charge in [0, 0.05) is 45.7 Å². The highest BCUT2D eigenvalue weighted by molar-refractivity contribution is 6.17. The summed E-state index contributed by atoms with van der Waals surface area (Å²) in [7, 11) is 0. The van der Waals surface area contributed by atoms with Crippen LogP contribution in [0.15, 0.2) is 134 Å². The van der Waals surface area contributed by atoms with Crippen molar-refractivity contribution in [3.05, 3.63) is 145 Å². The molecule has 7 rings (SSSR count). The lowest BCUT2D eigenvalue weighted by Crippen LogP contribution is -1.98. The summed E-state index contributed by atoms with van der Waals surface area (Å²) < 4.78 is 2.34. The van der Waals surface area contributed by atoms with Crippen LogP contribution in [0.25, 0.3) is 54.8 Å². The Labute approximate surface area is 232 Å². The molecule has 0 saturated carbocycles. The topological polar surface area (TPSA) is 69.3 Å². The zero-order chi connectivity index (χ0) is 27.1. The average Bonchev–Trinajstić information content (AvgIpc) is 3.42. The molecule has 7 aromatic rings. The smallest absolute Gasteiger partial charge is 0.0708 e. The van der Waals surface area contributed by atoms with Crippen molar-refractivity contribution in [1.82, 2.24) is 9.38 Å². The molecule has 0 aliphatic carbocycles. The van der Waals surface area contributed by atoms with Gasteiger partial charge in [0.05, 0.1) is 22.2 Å². The lowest BCUT2D eigenvalue weighted by molar-refractivity contribution is 1.25. The van der Waals surface area contributed by atoms with Crippen LogP contribution in [0.5, 0.6) is 0 Å². The Kier molecular flexibility index (Phi) is 5.88. The lowest BCUT2D eigenvalue weighted by atomic mass is 9.91. The zero-order valence-electron chi connectivity index (χ0n) is 22.0. The van der Waals surface area contributed by atoms with E-state index in [1.807, 2.05) is 36.5 Å². The summed E-state index contributed by atoms with van der Waals surface area (Å²) in [4.78, 5) is 4.66. The number of para-hydroxylation sites is 1. The van der Waals surface area contributed by atoms with Crippen molar-refractivity contribution in [1.29, 1.82) is 0 Å². The van der Waals surface area contributed by atoms with E-state index in [9.17, 15) is 0 Å². The Hall–Kier alpha value is -5.19. The third kappa shape index (κ3) is 3.77. The summed E-state index contributed by atoms with van der Waals surface area (Å²) in [6.07, 6.45) is 7.82. The number of nitrogens with zero attached hydrogens (tertiary/aromatic N) is 2. The molecule has 40 heavy (non-hydrogen) atoms. The summed E-state index contributed by atoms with van der Waals surface area (Å²) in [5.41, 5.74) is 22.0. The largest absolute Gasteiger partial charge is 0.398 e. The number of rotatable bonds is 5. The van der Waals surface area contributed by atoms with Crippen molar-refractivity contribution in [3.63, 3.8) is 0 Å². The lowest BCUT2D eigenvalue weighted by Gasteiger charge is -2.15. The van der Waals surface area contributed by atoms with E-state index in [2.05, 4.69) is 106 Å². The highest BCUT2D eigenvalue weighted by Gasteiger charge is 2.18. The maximum absolute atomic E-state index is 7.05. The molecule has 3 heterocycles. The Morgan fingerprint density at radius 2 is 1.38 bits per heavy atom. The molecule has 0 radical (unpaired) electrons. The second-order valence-corrected chi connectivity index (χ2v) is 9.89. The van der Waals surface area contributed by atoms with Crippen LogP contribution < -0.4 is 11.5 Å². The van der Waals surface area contributed by atoms with Crippen LogP contribution in [0, 0.1) is 0 Å². The standard InChI is InChI=1S/C36H28N4/c37-21-9-7-14-27(32-17-8-10-22-39-32)24-11-1-2-12-25(24)30-19-20-34-31(36(30)38)23-35-29-16-4-3-13-26(29)28-15-5-6-18-33(28)40(34)35/h1-20,22-23H,21,37-38H2/b9-7-,27-14?. The van der Waals surface area contributed by atoms with Gasteiger partial charge in [-0.1, -0.05) is 97.1 Å². The van der Waals surface area contributed by atoms with Gasteiger partial charge in [-0.25, -0.2) is 0 Å². The Morgan fingerprint density at radius 3 is 2.17 bits per heavy atom. The molecule has 0 atom stereocenters. The number of nitrogens with two attached hydrogens (primary N) is 2. The predicted molar refractivity (Wildman–Crippen MR) is 169 cm³/mol. The number of anilines is 1. The molecule has 0 bridgehead atoms. The molecule has 0 amide bonds. The minimum atomic E-state index is 0.475. The molecule has 4 nitrogen and oxygen atoms in total. The van der Waals surface area contributed by atoms with Crippen LogP contribution in [0.4, 0.5) is 5.69 Å².